The fourth-order valence-corrected chi connectivity index (χ4v) is 4.41. The van der Waals surface area contributed by atoms with E-state index in [9.17, 15) is 4.79 Å². The third kappa shape index (κ3) is 4.79. The first-order valence-electron chi connectivity index (χ1n) is 10.7. The van der Waals surface area contributed by atoms with E-state index >= 15 is 0 Å². The van der Waals surface area contributed by atoms with Crippen LogP contribution in [0.25, 0.3) is 0 Å². The molecule has 4 heteroatoms. The van der Waals surface area contributed by atoms with Crippen molar-refractivity contribution in [3.05, 3.63) is 66.0 Å². The molecular weight excluding hydrogens is 346 g/mol. The van der Waals surface area contributed by atoms with E-state index in [2.05, 4.69) is 58.5 Å². The summed E-state index contributed by atoms with van der Waals surface area (Å²) in [4.78, 5) is 19.7. The molecule has 1 aromatic heterocycles. The van der Waals surface area contributed by atoms with Crippen molar-refractivity contribution >= 4 is 5.91 Å². The summed E-state index contributed by atoms with van der Waals surface area (Å²) in [5.41, 5.74) is 2.40. The van der Waals surface area contributed by atoms with E-state index in [1.165, 1.54) is 12.0 Å². The molecule has 1 amide bonds. The molecule has 4 rings (SSSR count). The predicted octanol–water partition coefficient (Wildman–Crippen LogP) is 4.16. The molecule has 1 saturated carbocycles. The SMILES string of the molecule is C[C@H](CN1CCC[C@H]([C@H](NC(=O)C2CC2)c2ccccn2)C1)c1ccccc1. The minimum absolute atomic E-state index is 0.0177. The third-order valence-corrected chi connectivity index (χ3v) is 6.17. The number of hydrogen-bond acceptors (Lipinski definition) is 3. The molecule has 0 spiro atoms. The van der Waals surface area contributed by atoms with Gasteiger partial charge in [0.05, 0.1) is 11.7 Å². The van der Waals surface area contributed by atoms with Crippen LogP contribution in [0.15, 0.2) is 54.7 Å². The van der Waals surface area contributed by atoms with Crippen molar-refractivity contribution < 1.29 is 4.79 Å². The standard InChI is InChI=1S/C24H31N3O/c1-18(19-8-3-2-4-9-19)16-27-15-7-10-21(17-27)23(22-11-5-6-14-25-22)26-24(28)20-12-13-20/h2-6,8-9,11,14,18,20-21,23H,7,10,12-13,15-17H2,1H3,(H,26,28)/t18-,21+,23+/m1/s1. The lowest BCUT2D eigenvalue weighted by Crippen LogP contribution is -2.44. The first kappa shape index (κ1) is 19.1. The zero-order chi connectivity index (χ0) is 19.3. The Bertz CT molecular complexity index is 760. The maximum absolute atomic E-state index is 12.5. The van der Waals surface area contributed by atoms with Gasteiger partial charge < -0.3 is 10.2 Å². The van der Waals surface area contributed by atoms with Gasteiger partial charge in [0.2, 0.25) is 5.91 Å². The average Bonchev–Trinajstić information content (AvgIpc) is 3.59. The molecule has 2 aliphatic rings. The van der Waals surface area contributed by atoms with Gasteiger partial charge in [-0.05, 0) is 61.8 Å². The van der Waals surface area contributed by atoms with Crippen LogP contribution in [0, 0.1) is 11.8 Å². The van der Waals surface area contributed by atoms with Crippen molar-refractivity contribution in [1.82, 2.24) is 15.2 Å². The first-order valence-corrected chi connectivity index (χ1v) is 10.7. The molecule has 2 aromatic rings. The quantitative estimate of drug-likeness (QED) is 0.788. The predicted molar refractivity (Wildman–Crippen MR) is 112 cm³/mol. The zero-order valence-corrected chi connectivity index (χ0v) is 16.8. The van der Waals surface area contributed by atoms with Crippen LogP contribution >= 0.6 is 0 Å². The van der Waals surface area contributed by atoms with E-state index < -0.39 is 0 Å². The number of hydrogen-bond donors (Lipinski definition) is 1. The molecule has 0 radical (unpaired) electrons. The Morgan fingerprint density at radius 2 is 1.93 bits per heavy atom. The van der Waals surface area contributed by atoms with Gasteiger partial charge >= 0.3 is 0 Å². The molecule has 0 unspecified atom stereocenters. The Morgan fingerprint density at radius 3 is 2.64 bits per heavy atom. The second-order valence-electron chi connectivity index (χ2n) is 8.49. The van der Waals surface area contributed by atoms with Gasteiger partial charge in [-0.2, -0.15) is 0 Å². The Kier molecular flexibility index (Phi) is 6.06. The van der Waals surface area contributed by atoms with Crippen LogP contribution in [0.2, 0.25) is 0 Å². The summed E-state index contributed by atoms with van der Waals surface area (Å²) < 4.78 is 0. The van der Waals surface area contributed by atoms with E-state index in [0.717, 1.165) is 44.6 Å². The lowest BCUT2D eigenvalue weighted by Gasteiger charge is -2.38. The molecule has 1 aromatic carbocycles. The van der Waals surface area contributed by atoms with Crippen molar-refractivity contribution in [2.75, 3.05) is 19.6 Å². The summed E-state index contributed by atoms with van der Waals surface area (Å²) in [5.74, 6) is 1.36. The summed E-state index contributed by atoms with van der Waals surface area (Å²) in [5, 5.41) is 3.34. The van der Waals surface area contributed by atoms with Crippen molar-refractivity contribution in [2.45, 2.75) is 44.6 Å². The summed E-state index contributed by atoms with van der Waals surface area (Å²) in [6, 6.07) is 16.8. The second-order valence-corrected chi connectivity index (χ2v) is 8.49. The minimum Gasteiger partial charge on any atom is -0.347 e. The lowest BCUT2D eigenvalue weighted by atomic mass is 9.87. The molecule has 148 valence electrons. The smallest absolute Gasteiger partial charge is 0.223 e. The summed E-state index contributed by atoms with van der Waals surface area (Å²) in [7, 11) is 0. The fourth-order valence-electron chi connectivity index (χ4n) is 4.41. The fraction of sp³-hybridized carbons (Fsp3) is 0.500. The topological polar surface area (TPSA) is 45.2 Å². The van der Waals surface area contributed by atoms with Crippen molar-refractivity contribution in [2.24, 2.45) is 11.8 Å². The van der Waals surface area contributed by atoms with Crippen LogP contribution in [0.1, 0.15) is 55.8 Å². The zero-order valence-electron chi connectivity index (χ0n) is 16.8. The van der Waals surface area contributed by atoms with E-state index in [1.54, 1.807) is 0 Å². The normalized spacial score (nSPS) is 22.4. The highest BCUT2D eigenvalue weighted by molar-refractivity contribution is 5.81. The molecule has 1 aliphatic heterocycles. The molecule has 3 atom stereocenters. The number of benzene rings is 1. The number of rotatable bonds is 7. The molecule has 1 saturated heterocycles. The van der Waals surface area contributed by atoms with Crippen LogP contribution < -0.4 is 5.32 Å². The molecule has 0 bridgehead atoms. The van der Waals surface area contributed by atoms with E-state index in [-0.39, 0.29) is 17.9 Å². The number of nitrogens with zero attached hydrogens (tertiary/aromatic N) is 2. The number of aromatic nitrogens is 1. The molecule has 4 nitrogen and oxygen atoms in total. The maximum atomic E-state index is 12.5. The van der Waals surface area contributed by atoms with Crippen LogP contribution in [-0.2, 0) is 4.79 Å². The van der Waals surface area contributed by atoms with Gasteiger partial charge in [-0.3, -0.25) is 9.78 Å². The van der Waals surface area contributed by atoms with E-state index in [0.29, 0.717) is 11.8 Å². The van der Waals surface area contributed by atoms with Gasteiger partial charge in [-0.1, -0.05) is 43.3 Å². The highest BCUT2D eigenvalue weighted by atomic mass is 16.2. The van der Waals surface area contributed by atoms with Gasteiger partial charge in [0.25, 0.3) is 0 Å². The average molecular weight is 378 g/mol. The van der Waals surface area contributed by atoms with Crippen LogP contribution in [0.4, 0.5) is 0 Å². The Labute approximate surface area is 168 Å². The highest BCUT2D eigenvalue weighted by Gasteiger charge is 2.35. The number of amides is 1. The lowest BCUT2D eigenvalue weighted by molar-refractivity contribution is -0.123. The van der Waals surface area contributed by atoms with Crippen LogP contribution in [0.5, 0.6) is 0 Å². The second kappa shape index (κ2) is 8.87. The molecule has 2 heterocycles. The third-order valence-electron chi connectivity index (χ3n) is 6.17. The molecular formula is C24H31N3O. The summed E-state index contributed by atoms with van der Waals surface area (Å²) >= 11 is 0. The van der Waals surface area contributed by atoms with E-state index in [4.69, 9.17) is 0 Å². The molecule has 28 heavy (non-hydrogen) atoms. The number of pyridine rings is 1. The maximum Gasteiger partial charge on any atom is 0.223 e. The number of piperidine rings is 1. The Balaban J connectivity index is 1.44. The first-order chi connectivity index (χ1) is 13.7. The monoisotopic (exact) mass is 377 g/mol. The van der Waals surface area contributed by atoms with Crippen LogP contribution in [-0.4, -0.2) is 35.4 Å². The summed E-state index contributed by atoms with van der Waals surface area (Å²) in [6.07, 6.45) is 6.22. The number of carbonyl (C=O) groups excluding carboxylic acids is 1. The van der Waals surface area contributed by atoms with E-state index in [1.807, 2.05) is 18.3 Å². The van der Waals surface area contributed by atoms with Gasteiger partial charge in [0.1, 0.15) is 0 Å². The Hall–Kier alpha value is -2.20. The number of carbonyl (C=O) groups is 1. The van der Waals surface area contributed by atoms with Crippen molar-refractivity contribution in [3.63, 3.8) is 0 Å². The Morgan fingerprint density at radius 1 is 1.14 bits per heavy atom. The van der Waals surface area contributed by atoms with Gasteiger partial charge in [0.15, 0.2) is 0 Å². The molecule has 1 aliphatic carbocycles. The van der Waals surface area contributed by atoms with Crippen molar-refractivity contribution in [1.29, 1.82) is 0 Å². The number of nitrogens with one attached hydrogen (secondary N) is 1. The van der Waals surface area contributed by atoms with Gasteiger partial charge in [0, 0.05) is 25.2 Å². The highest BCUT2D eigenvalue weighted by Crippen LogP contribution is 2.33. The van der Waals surface area contributed by atoms with Gasteiger partial charge in [-0.25, -0.2) is 0 Å². The molecule has 2 fully saturated rings. The number of likely N-dealkylation sites (tertiary alicyclic amines) is 1. The van der Waals surface area contributed by atoms with Gasteiger partial charge in [-0.15, -0.1) is 0 Å². The van der Waals surface area contributed by atoms with Crippen LogP contribution in [0.3, 0.4) is 0 Å². The largest absolute Gasteiger partial charge is 0.347 e. The van der Waals surface area contributed by atoms with Crippen molar-refractivity contribution in [3.8, 4) is 0 Å². The molecule has 1 N–H and O–H groups in total. The summed E-state index contributed by atoms with van der Waals surface area (Å²) in [6.45, 7) is 5.53. The minimum atomic E-state index is 0.0177.